The number of nitrogens with zero attached hydrogens (tertiary/aromatic N) is 3. The number of hydrogen-bond donors (Lipinski definition) is 3. The Kier molecular flexibility index (Phi) is 6.25. The zero-order valence-corrected chi connectivity index (χ0v) is 16.7. The summed E-state index contributed by atoms with van der Waals surface area (Å²) in [5, 5.41) is 12.8. The molecule has 0 aliphatic heterocycles. The van der Waals surface area contributed by atoms with Crippen molar-refractivity contribution in [1.82, 2.24) is 20.1 Å². The highest BCUT2D eigenvalue weighted by Crippen LogP contribution is 2.38. The van der Waals surface area contributed by atoms with Gasteiger partial charge in [0.15, 0.2) is 0 Å². The quantitative estimate of drug-likeness (QED) is 0.469. The van der Waals surface area contributed by atoms with Gasteiger partial charge in [0.2, 0.25) is 0 Å². The van der Waals surface area contributed by atoms with E-state index in [4.69, 9.17) is 0 Å². The topological polar surface area (TPSA) is 66.8 Å². The molecule has 0 aliphatic carbocycles. The first kappa shape index (κ1) is 21.6. The Morgan fingerprint density at radius 1 is 1.13 bits per heavy atom. The van der Waals surface area contributed by atoms with Crippen molar-refractivity contribution in [2.45, 2.75) is 33.1 Å². The van der Waals surface area contributed by atoms with Gasteiger partial charge in [-0.3, -0.25) is 0 Å². The van der Waals surface area contributed by atoms with Crippen LogP contribution >= 0.6 is 0 Å². The smallest absolute Gasteiger partial charge is 0.352 e. The molecule has 3 N–H and O–H groups in total. The molecular formula is C20H22F4N6. The third-order valence-corrected chi connectivity index (χ3v) is 4.39. The monoisotopic (exact) mass is 422 g/mol. The van der Waals surface area contributed by atoms with E-state index in [1.165, 1.54) is 18.2 Å². The van der Waals surface area contributed by atoms with Crippen molar-refractivity contribution >= 4 is 23.0 Å². The maximum absolute atomic E-state index is 14.4. The molecule has 0 unspecified atom stereocenters. The first-order chi connectivity index (χ1) is 14.2. The van der Waals surface area contributed by atoms with E-state index in [1.54, 1.807) is 23.9 Å². The summed E-state index contributed by atoms with van der Waals surface area (Å²) in [7, 11) is 1.67. The van der Waals surface area contributed by atoms with E-state index in [9.17, 15) is 17.6 Å². The molecule has 0 fully saturated rings. The molecule has 160 valence electrons. The summed E-state index contributed by atoms with van der Waals surface area (Å²) in [6.07, 6.45) is -3.94. The minimum atomic E-state index is -4.66. The predicted molar refractivity (Wildman–Crippen MR) is 108 cm³/mol. The Balaban J connectivity index is 2.03. The standard InChI is InChI=1S/C20H22F4N6/c1-4-30-18(8-12(2)29-30)28-17-9-16(14(11-26-17)20(22,23)24)27-19-13(10-25-3)6-5-7-15(19)21/h5-9,11,25H,4,10H2,1-3H3,(H2,26,27,28). The van der Waals surface area contributed by atoms with Crippen molar-refractivity contribution in [1.29, 1.82) is 0 Å². The van der Waals surface area contributed by atoms with Crippen LogP contribution in [-0.2, 0) is 19.3 Å². The normalized spacial score (nSPS) is 11.6. The fraction of sp³-hybridized carbons (Fsp3) is 0.300. The SMILES string of the molecule is CCn1nc(C)cc1Nc1cc(Nc2c(F)cccc2CNC)c(C(F)(F)F)cn1. The van der Waals surface area contributed by atoms with Crippen molar-refractivity contribution in [2.24, 2.45) is 0 Å². The highest BCUT2D eigenvalue weighted by molar-refractivity contribution is 5.70. The van der Waals surface area contributed by atoms with E-state index in [0.29, 0.717) is 17.9 Å². The minimum absolute atomic E-state index is 0.0241. The summed E-state index contributed by atoms with van der Waals surface area (Å²) in [4.78, 5) is 3.89. The summed E-state index contributed by atoms with van der Waals surface area (Å²) in [6.45, 7) is 4.56. The third-order valence-electron chi connectivity index (χ3n) is 4.39. The van der Waals surface area contributed by atoms with Crippen LogP contribution in [0, 0.1) is 12.7 Å². The van der Waals surface area contributed by atoms with Crippen LogP contribution in [0.3, 0.4) is 0 Å². The largest absolute Gasteiger partial charge is 0.419 e. The van der Waals surface area contributed by atoms with Crippen LogP contribution < -0.4 is 16.0 Å². The van der Waals surface area contributed by atoms with Crippen LogP contribution in [0.1, 0.15) is 23.7 Å². The molecule has 3 rings (SSSR count). The van der Waals surface area contributed by atoms with E-state index in [1.807, 2.05) is 13.8 Å². The van der Waals surface area contributed by atoms with Crippen LogP contribution in [0.2, 0.25) is 0 Å². The maximum Gasteiger partial charge on any atom is 0.419 e. The van der Waals surface area contributed by atoms with Crippen molar-refractivity contribution in [3.8, 4) is 0 Å². The molecule has 30 heavy (non-hydrogen) atoms. The number of hydrogen-bond acceptors (Lipinski definition) is 5. The highest BCUT2D eigenvalue weighted by atomic mass is 19.4. The van der Waals surface area contributed by atoms with Gasteiger partial charge >= 0.3 is 6.18 Å². The second-order valence-corrected chi connectivity index (χ2v) is 6.65. The van der Waals surface area contributed by atoms with Gasteiger partial charge in [-0.2, -0.15) is 18.3 Å². The molecule has 6 nitrogen and oxygen atoms in total. The summed E-state index contributed by atoms with van der Waals surface area (Å²) in [6, 6.07) is 7.31. The molecule has 0 saturated carbocycles. The number of nitrogens with one attached hydrogen (secondary N) is 3. The van der Waals surface area contributed by atoms with Gasteiger partial charge in [0.1, 0.15) is 17.5 Å². The van der Waals surface area contributed by atoms with E-state index in [2.05, 4.69) is 26.0 Å². The first-order valence-electron chi connectivity index (χ1n) is 9.30. The van der Waals surface area contributed by atoms with Crippen LogP contribution in [0.4, 0.5) is 40.6 Å². The number of anilines is 4. The first-order valence-corrected chi connectivity index (χ1v) is 9.30. The molecule has 2 aromatic heterocycles. The molecule has 0 spiro atoms. The van der Waals surface area contributed by atoms with Gasteiger partial charge in [0, 0.05) is 31.4 Å². The van der Waals surface area contributed by atoms with Crippen LogP contribution in [0.25, 0.3) is 0 Å². The van der Waals surface area contributed by atoms with Crippen LogP contribution in [0.5, 0.6) is 0 Å². The molecule has 0 atom stereocenters. The lowest BCUT2D eigenvalue weighted by atomic mass is 10.1. The fourth-order valence-electron chi connectivity index (χ4n) is 3.05. The van der Waals surface area contributed by atoms with Gasteiger partial charge in [-0.15, -0.1) is 0 Å². The van der Waals surface area contributed by atoms with Crippen LogP contribution in [0.15, 0.2) is 36.5 Å². The molecule has 0 bridgehead atoms. The Bertz CT molecular complexity index is 1030. The molecule has 0 amide bonds. The van der Waals surface area contributed by atoms with Crippen molar-refractivity contribution in [2.75, 3.05) is 17.7 Å². The third kappa shape index (κ3) is 4.70. The number of alkyl halides is 3. The molecule has 2 heterocycles. The Morgan fingerprint density at radius 2 is 1.90 bits per heavy atom. The lowest BCUT2D eigenvalue weighted by Gasteiger charge is -2.18. The van der Waals surface area contributed by atoms with Crippen LogP contribution in [-0.4, -0.2) is 21.8 Å². The molecule has 3 aromatic rings. The zero-order chi connectivity index (χ0) is 21.9. The Hall–Kier alpha value is -3.14. The summed E-state index contributed by atoms with van der Waals surface area (Å²) < 4.78 is 56.8. The molecular weight excluding hydrogens is 400 g/mol. The van der Waals surface area contributed by atoms with E-state index < -0.39 is 17.6 Å². The van der Waals surface area contributed by atoms with Gasteiger partial charge in [-0.05, 0) is 32.5 Å². The molecule has 10 heteroatoms. The lowest BCUT2D eigenvalue weighted by Crippen LogP contribution is -2.13. The van der Waals surface area contributed by atoms with Gasteiger partial charge in [-0.25, -0.2) is 14.1 Å². The number of halogens is 4. The molecule has 0 radical (unpaired) electrons. The maximum atomic E-state index is 14.4. The van der Waals surface area contributed by atoms with Gasteiger partial charge in [0.25, 0.3) is 0 Å². The second-order valence-electron chi connectivity index (χ2n) is 6.65. The molecule has 1 aromatic carbocycles. The van der Waals surface area contributed by atoms with Gasteiger partial charge in [-0.1, -0.05) is 12.1 Å². The average Bonchev–Trinajstić information content (AvgIpc) is 3.03. The Labute approximate surface area is 171 Å². The average molecular weight is 422 g/mol. The van der Waals surface area contributed by atoms with Crippen molar-refractivity contribution in [3.05, 3.63) is 59.2 Å². The lowest BCUT2D eigenvalue weighted by molar-refractivity contribution is -0.137. The van der Waals surface area contributed by atoms with E-state index in [-0.39, 0.29) is 23.7 Å². The number of aryl methyl sites for hydroxylation is 2. The highest BCUT2D eigenvalue weighted by Gasteiger charge is 2.34. The van der Waals surface area contributed by atoms with E-state index >= 15 is 0 Å². The minimum Gasteiger partial charge on any atom is -0.352 e. The summed E-state index contributed by atoms with van der Waals surface area (Å²) in [5.74, 6) is 0.114. The number of aromatic nitrogens is 3. The number of pyridine rings is 1. The molecule has 0 saturated heterocycles. The fourth-order valence-corrected chi connectivity index (χ4v) is 3.05. The summed E-state index contributed by atoms with van der Waals surface area (Å²) >= 11 is 0. The number of benzene rings is 1. The zero-order valence-electron chi connectivity index (χ0n) is 16.7. The van der Waals surface area contributed by atoms with E-state index in [0.717, 1.165) is 11.9 Å². The number of para-hydroxylation sites is 1. The van der Waals surface area contributed by atoms with Crippen molar-refractivity contribution in [3.63, 3.8) is 0 Å². The predicted octanol–water partition coefficient (Wildman–Crippen LogP) is 4.97. The molecule has 0 aliphatic rings. The van der Waals surface area contributed by atoms with Gasteiger partial charge < -0.3 is 16.0 Å². The number of rotatable bonds is 7. The van der Waals surface area contributed by atoms with Gasteiger partial charge in [0.05, 0.1) is 22.6 Å². The summed E-state index contributed by atoms with van der Waals surface area (Å²) in [5.41, 5.74) is -0.0677. The second kappa shape index (κ2) is 8.70. The Morgan fingerprint density at radius 3 is 2.57 bits per heavy atom. The van der Waals surface area contributed by atoms with Crippen molar-refractivity contribution < 1.29 is 17.6 Å².